The van der Waals surface area contributed by atoms with E-state index in [4.69, 9.17) is 10.5 Å². The molecule has 0 fully saturated rings. The lowest BCUT2D eigenvalue weighted by atomic mass is 10.0. The number of nitrogens with two attached hydrogens (primary N) is 1. The van der Waals surface area contributed by atoms with E-state index in [9.17, 15) is 9.59 Å². The van der Waals surface area contributed by atoms with Crippen LogP contribution in [0.25, 0.3) is 0 Å². The maximum atomic E-state index is 13.6. The average molecular weight is 506 g/mol. The molecule has 0 bridgehead atoms. The summed E-state index contributed by atoms with van der Waals surface area (Å²) in [4.78, 5) is 33.3. The van der Waals surface area contributed by atoms with Gasteiger partial charge in [0.15, 0.2) is 0 Å². The van der Waals surface area contributed by atoms with Gasteiger partial charge in [-0.05, 0) is 47.5 Å². The Morgan fingerprint density at radius 2 is 1.53 bits per heavy atom. The van der Waals surface area contributed by atoms with Crippen LogP contribution in [0.4, 0.5) is 27.5 Å². The zero-order valence-corrected chi connectivity index (χ0v) is 21.9. The van der Waals surface area contributed by atoms with Crippen LogP contribution in [0.3, 0.4) is 0 Å². The van der Waals surface area contributed by atoms with Crippen LogP contribution >= 0.6 is 11.8 Å². The molecule has 0 aromatic heterocycles. The van der Waals surface area contributed by atoms with E-state index in [-0.39, 0.29) is 12.6 Å². The Hall–Kier alpha value is -3.69. The van der Waals surface area contributed by atoms with Gasteiger partial charge in [-0.2, -0.15) is 0 Å². The number of benzene rings is 3. The Balaban J connectivity index is 1.63. The van der Waals surface area contributed by atoms with Crippen molar-refractivity contribution >= 4 is 46.5 Å². The number of hydrogen-bond acceptors (Lipinski definition) is 7. The monoisotopic (exact) mass is 505 g/mol. The number of fused-ring (bicyclic) bond motifs is 2. The second-order valence-electron chi connectivity index (χ2n) is 8.93. The molecule has 3 aromatic carbocycles. The predicted octanol–water partition coefficient (Wildman–Crippen LogP) is 4.50. The van der Waals surface area contributed by atoms with Gasteiger partial charge in [0.1, 0.15) is 6.04 Å². The van der Waals surface area contributed by atoms with Crippen LogP contribution in [0.2, 0.25) is 0 Å². The van der Waals surface area contributed by atoms with Crippen LogP contribution in [0.5, 0.6) is 0 Å². The lowest BCUT2D eigenvalue weighted by Gasteiger charge is -2.32. The number of carbonyl (C=O) groups is 2. The smallest absolute Gasteiger partial charge is 0.327 e. The first-order valence-corrected chi connectivity index (χ1v) is 12.3. The molecule has 0 radical (unpaired) electrons. The summed E-state index contributed by atoms with van der Waals surface area (Å²) in [7, 11) is 9.30. The molecule has 0 aliphatic carbocycles. The molecular weight excluding hydrogens is 474 g/mol. The SMILES string of the molecule is COC(=O)C(N)c1cccc(CNC(=O)N2c3ccc(N(C)C)cc3Sc3cc(N(C)C)ccc32)c1. The van der Waals surface area contributed by atoms with Crippen molar-refractivity contribution in [1.29, 1.82) is 0 Å². The Labute approximate surface area is 216 Å². The third-order valence-electron chi connectivity index (χ3n) is 6.03. The maximum absolute atomic E-state index is 13.6. The van der Waals surface area contributed by atoms with Crippen molar-refractivity contribution in [3.63, 3.8) is 0 Å². The predicted molar refractivity (Wildman–Crippen MR) is 145 cm³/mol. The lowest BCUT2D eigenvalue weighted by molar-refractivity contribution is -0.142. The van der Waals surface area contributed by atoms with Crippen LogP contribution in [0.15, 0.2) is 70.5 Å². The van der Waals surface area contributed by atoms with Crippen molar-refractivity contribution < 1.29 is 14.3 Å². The topological polar surface area (TPSA) is 91.1 Å². The number of nitrogens with one attached hydrogen (secondary N) is 1. The van der Waals surface area contributed by atoms with Crippen molar-refractivity contribution in [2.24, 2.45) is 5.73 Å². The van der Waals surface area contributed by atoms with Gasteiger partial charge in [-0.3, -0.25) is 9.69 Å². The lowest BCUT2D eigenvalue weighted by Crippen LogP contribution is -2.38. The van der Waals surface area contributed by atoms with Crippen molar-refractivity contribution in [2.75, 3.05) is 50.0 Å². The zero-order valence-electron chi connectivity index (χ0n) is 21.1. The number of esters is 1. The number of hydrogen-bond donors (Lipinski definition) is 2. The van der Waals surface area contributed by atoms with E-state index in [2.05, 4.69) is 17.4 Å². The van der Waals surface area contributed by atoms with Gasteiger partial charge in [0, 0.05) is 55.9 Å². The highest BCUT2D eigenvalue weighted by atomic mass is 32.2. The van der Waals surface area contributed by atoms with Gasteiger partial charge in [0.2, 0.25) is 0 Å². The summed E-state index contributed by atoms with van der Waals surface area (Å²) in [6.07, 6.45) is 0. The van der Waals surface area contributed by atoms with E-state index in [0.29, 0.717) is 5.56 Å². The molecule has 3 aromatic rings. The summed E-state index contributed by atoms with van der Waals surface area (Å²) in [5.74, 6) is -0.510. The van der Waals surface area contributed by atoms with E-state index in [1.54, 1.807) is 22.7 Å². The second-order valence-corrected chi connectivity index (χ2v) is 10.0. The molecule has 0 saturated heterocycles. The first kappa shape index (κ1) is 25.4. The van der Waals surface area contributed by atoms with E-state index in [1.807, 2.05) is 80.5 Å². The number of nitrogens with zero attached hydrogens (tertiary/aromatic N) is 3. The summed E-state index contributed by atoms with van der Waals surface area (Å²) in [5.41, 5.74) is 11.2. The summed E-state index contributed by atoms with van der Waals surface area (Å²) in [6.45, 7) is 0.278. The number of carbonyl (C=O) groups excluding carboxylic acids is 2. The van der Waals surface area contributed by atoms with Crippen LogP contribution in [0.1, 0.15) is 17.2 Å². The highest BCUT2D eigenvalue weighted by molar-refractivity contribution is 7.99. The molecule has 1 aliphatic rings. The molecule has 1 atom stereocenters. The molecule has 188 valence electrons. The average Bonchev–Trinajstić information content (AvgIpc) is 2.88. The van der Waals surface area contributed by atoms with Gasteiger partial charge in [-0.15, -0.1) is 0 Å². The van der Waals surface area contributed by atoms with Gasteiger partial charge in [0.25, 0.3) is 0 Å². The minimum atomic E-state index is -0.875. The fourth-order valence-corrected chi connectivity index (χ4v) is 5.10. The minimum absolute atomic E-state index is 0.240. The summed E-state index contributed by atoms with van der Waals surface area (Å²) in [5, 5.41) is 3.03. The van der Waals surface area contributed by atoms with Gasteiger partial charge in [0.05, 0.1) is 18.5 Å². The molecule has 9 heteroatoms. The number of methoxy groups -OCH3 is 1. The maximum Gasteiger partial charge on any atom is 0.327 e. The number of rotatable bonds is 6. The summed E-state index contributed by atoms with van der Waals surface area (Å²) >= 11 is 1.66. The second kappa shape index (κ2) is 10.5. The molecule has 36 heavy (non-hydrogen) atoms. The van der Waals surface area contributed by atoms with E-state index in [0.717, 1.165) is 38.1 Å². The summed E-state index contributed by atoms with van der Waals surface area (Å²) in [6, 6.07) is 18.3. The van der Waals surface area contributed by atoms with E-state index >= 15 is 0 Å². The number of amides is 2. The van der Waals surface area contributed by atoms with Gasteiger partial charge < -0.3 is 25.6 Å². The fraction of sp³-hybridized carbons (Fsp3) is 0.259. The van der Waals surface area contributed by atoms with Crippen molar-refractivity contribution in [1.82, 2.24) is 5.32 Å². The molecule has 8 nitrogen and oxygen atoms in total. The zero-order chi connectivity index (χ0) is 26.0. The van der Waals surface area contributed by atoms with Crippen LogP contribution < -0.4 is 25.8 Å². The first-order chi connectivity index (χ1) is 17.2. The quantitative estimate of drug-likeness (QED) is 0.477. The molecule has 1 heterocycles. The number of ether oxygens (including phenoxy) is 1. The van der Waals surface area contributed by atoms with Crippen molar-refractivity contribution in [2.45, 2.75) is 22.4 Å². The van der Waals surface area contributed by atoms with Gasteiger partial charge in [-0.1, -0.05) is 36.0 Å². The molecule has 4 rings (SSSR count). The Kier molecular flexibility index (Phi) is 7.42. The standard InChI is InChI=1S/C27H31N5O3S/c1-30(2)19-9-11-21-23(14-19)36-24-15-20(31(3)4)10-12-22(24)32(21)27(34)29-16-17-7-6-8-18(13-17)25(28)26(33)35-5/h6-15,25H,16,28H2,1-5H3,(H,29,34). The third-order valence-corrected chi connectivity index (χ3v) is 7.13. The molecule has 1 aliphatic heterocycles. The number of urea groups is 1. The highest BCUT2D eigenvalue weighted by Crippen LogP contribution is 2.50. The molecule has 1 unspecified atom stereocenters. The van der Waals surface area contributed by atoms with E-state index in [1.165, 1.54) is 7.11 Å². The van der Waals surface area contributed by atoms with E-state index < -0.39 is 12.0 Å². The molecular formula is C27H31N5O3S. The molecule has 0 spiro atoms. The van der Waals surface area contributed by atoms with Crippen molar-refractivity contribution in [3.05, 3.63) is 71.8 Å². The van der Waals surface area contributed by atoms with Gasteiger partial charge in [-0.25, -0.2) is 4.79 Å². The molecule has 3 N–H and O–H groups in total. The van der Waals surface area contributed by atoms with Crippen LogP contribution in [-0.2, 0) is 16.1 Å². The third kappa shape index (κ3) is 5.12. The summed E-state index contributed by atoms with van der Waals surface area (Å²) < 4.78 is 4.75. The van der Waals surface area contributed by atoms with Crippen molar-refractivity contribution in [3.8, 4) is 0 Å². The minimum Gasteiger partial charge on any atom is -0.468 e. The molecule has 2 amide bonds. The Morgan fingerprint density at radius 3 is 2.06 bits per heavy atom. The highest BCUT2D eigenvalue weighted by Gasteiger charge is 2.29. The van der Waals surface area contributed by atoms with Crippen LogP contribution in [0, 0.1) is 0 Å². The van der Waals surface area contributed by atoms with Crippen LogP contribution in [-0.4, -0.2) is 47.3 Å². The Morgan fingerprint density at radius 1 is 0.944 bits per heavy atom. The number of anilines is 4. The normalized spacial score (nSPS) is 12.8. The fourth-order valence-electron chi connectivity index (χ4n) is 3.98. The largest absolute Gasteiger partial charge is 0.468 e. The molecule has 0 saturated carbocycles. The first-order valence-electron chi connectivity index (χ1n) is 11.5. The van der Waals surface area contributed by atoms with Gasteiger partial charge >= 0.3 is 12.0 Å². The Bertz CT molecular complexity index is 1240.